The Morgan fingerprint density at radius 1 is 1.53 bits per heavy atom. The highest BCUT2D eigenvalue weighted by Crippen LogP contribution is 2.32. The van der Waals surface area contributed by atoms with Crippen LogP contribution in [0.4, 0.5) is 5.69 Å². The molecule has 0 aliphatic carbocycles. The van der Waals surface area contributed by atoms with Gasteiger partial charge in [-0.25, -0.2) is 0 Å². The maximum atomic E-state index is 5.11. The normalized spacial score (nSPS) is 19.5. The van der Waals surface area contributed by atoms with Gasteiger partial charge in [0.1, 0.15) is 0 Å². The summed E-state index contributed by atoms with van der Waals surface area (Å²) in [6.07, 6.45) is 3.44. The van der Waals surface area contributed by atoms with Crippen LogP contribution < -0.4 is 5.32 Å². The first-order valence-corrected chi connectivity index (χ1v) is 6.13. The van der Waals surface area contributed by atoms with Crippen molar-refractivity contribution in [3.05, 3.63) is 28.2 Å². The topological polar surface area (TPSA) is 21.3 Å². The lowest BCUT2D eigenvalue weighted by Gasteiger charge is -2.27. The molecule has 1 aromatic rings. The van der Waals surface area contributed by atoms with E-state index >= 15 is 0 Å². The standard InChI is InChI=1S/C12H16BrNO/c1-15-8-7-10-6-5-9-3-2-4-11(13)12(9)14-10/h2-4,10,14H,5-8H2,1H3. The van der Waals surface area contributed by atoms with Crippen LogP contribution in [0, 0.1) is 0 Å². The minimum atomic E-state index is 0.552. The summed E-state index contributed by atoms with van der Waals surface area (Å²) in [5, 5.41) is 3.57. The van der Waals surface area contributed by atoms with Crippen molar-refractivity contribution in [2.24, 2.45) is 0 Å². The average Bonchev–Trinajstić information content (AvgIpc) is 2.27. The molecule has 0 bridgehead atoms. The molecule has 2 rings (SSSR count). The van der Waals surface area contributed by atoms with Crippen molar-refractivity contribution < 1.29 is 4.74 Å². The van der Waals surface area contributed by atoms with Crippen molar-refractivity contribution in [2.75, 3.05) is 19.0 Å². The highest BCUT2D eigenvalue weighted by Gasteiger charge is 2.18. The van der Waals surface area contributed by atoms with E-state index in [1.165, 1.54) is 22.1 Å². The molecule has 1 aliphatic heterocycles. The van der Waals surface area contributed by atoms with Gasteiger partial charge >= 0.3 is 0 Å². The number of anilines is 1. The second-order valence-corrected chi connectivity index (χ2v) is 4.79. The maximum Gasteiger partial charge on any atom is 0.0519 e. The number of hydrogen-bond acceptors (Lipinski definition) is 2. The van der Waals surface area contributed by atoms with Gasteiger partial charge in [0, 0.05) is 24.2 Å². The smallest absolute Gasteiger partial charge is 0.0519 e. The molecule has 1 unspecified atom stereocenters. The summed E-state index contributed by atoms with van der Waals surface area (Å²) in [5.41, 5.74) is 2.68. The van der Waals surface area contributed by atoms with Crippen LogP contribution in [0.25, 0.3) is 0 Å². The highest BCUT2D eigenvalue weighted by atomic mass is 79.9. The van der Waals surface area contributed by atoms with E-state index in [4.69, 9.17) is 4.74 Å². The van der Waals surface area contributed by atoms with E-state index in [0.29, 0.717) is 6.04 Å². The number of benzene rings is 1. The third-order valence-corrected chi connectivity index (χ3v) is 3.54. The van der Waals surface area contributed by atoms with E-state index in [0.717, 1.165) is 19.4 Å². The number of aryl methyl sites for hydroxylation is 1. The Balaban J connectivity index is 2.08. The van der Waals surface area contributed by atoms with Crippen molar-refractivity contribution in [3.63, 3.8) is 0 Å². The van der Waals surface area contributed by atoms with Crippen molar-refractivity contribution in [2.45, 2.75) is 25.3 Å². The number of fused-ring (bicyclic) bond motifs is 1. The van der Waals surface area contributed by atoms with E-state index in [2.05, 4.69) is 39.4 Å². The number of ether oxygens (including phenoxy) is 1. The van der Waals surface area contributed by atoms with E-state index in [-0.39, 0.29) is 0 Å². The number of halogens is 1. The quantitative estimate of drug-likeness (QED) is 0.910. The fourth-order valence-corrected chi connectivity index (χ4v) is 2.54. The van der Waals surface area contributed by atoms with Crippen LogP contribution in [0.3, 0.4) is 0 Å². The van der Waals surface area contributed by atoms with Crippen LogP contribution in [0.2, 0.25) is 0 Å². The maximum absolute atomic E-state index is 5.11. The molecule has 0 fully saturated rings. The van der Waals surface area contributed by atoms with Crippen LogP contribution in [-0.2, 0) is 11.2 Å². The molecular formula is C12H16BrNO. The molecule has 0 amide bonds. The summed E-state index contributed by atoms with van der Waals surface area (Å²) in [6.45, 7) is 0.831. The van der Waals surface area contributed by atoms with Crippen LogP contribution in [0.15, 0.2) is 22.7 Å². The van der Waals surface area contributed by atoms with E-state index < -0.39 is 0 Å². The summed E-state index contributed by atoms with van der Waals surface area (Å²) in [5.74, 6) is 0. The molecule has 2 nitrogen and oxygen atoms in total. The van der Waals surface area contributed by atoms with Gasteiger partial charge in [0.05, 0.1) is 5.69 Å². The summed E-state index contributed by atoms with van der Waals surface area (Å²) < 4.78 is 6.28. The number of methoxy groups -OCH3 is 1. The molecular weight excluding hydrogens is 254 g/mol. The summed E-state index contributed by atoms with van der Waals surface area (Å²) in [4.78, 5) is 0. The molecule has 0 spiro atoms. The predicted octanol–water partition coefficient (Wildman–Crippen LogP) is 3.21. The molecule has 1 aliphatic rings. The van der Waals surface area contributed by atoms with Crippen molar-refractivity contribution in [3.8, 4) is 0 Å². The number of rotatable bonds is 3. The average molecular weight is 270 g/mol. The van der Waals surface area contributed by atoms with Gasteiger partial charge < -0.3 is 10.1 Å². The SMILES string of the molecule is COCCC1CCc2cccc(Br)c2N1. The fraction of sp³-hybridized carbons (Fsp3) is 0.500. The number of hydrogen-bond donors (Lipinski definition) is 1. The number of nitrogens with one attached hydrogen (secondary N) is 1. The van der Waals surface area contributed by atoms with Crippen molar-refractivity contribution >= 4 is 21.6 Å². The Bertz CT molecular complexity index is 340. The Morgan fingerprint density at radius 3 is 3.20 bits per heavy atom. The molecule has 15 heavy (non-hydrogen) atoms. The van der Waals surface area contributed by atoms with Gasteiger partial charge in [0.15, 0.2) is 0 Å². The van der Waals surface area contributed by atoms with Gasteiger partial charge in [0.25, 0.3) is 0 Å². The van der Waals surface area contributed by atoms with Crippen LogP contribution in [0.5, 0.6) is 0 Å². The molecule has 1 N–H and O–H groups in total. The first-order valence-electron chi connectivity index (χ1n) is 5.34. The molecule has 1 atom stereocenters. The molecule has 3 heteroatoms. The lowest BCUT2D eigenvalue weighted by Crippen LogP contribution is -2.26. The van der Waals surface area contributed by atoms with Gasteiger partial charge in [-0.2, -0.15) is 0 Å². The van der Waals surface area contributed by atoms with E-state index in [9.17, 15) is 0 Å². The summed E-state index contributed by atoms with van der Waals surface area (Å²) >= 11 is 3.58. The predicted molar refractivity (Wildman–Crippen MR) is 66.4 cm³/mol. The van der Waals surface area contributed by atoms with Gasteiger partial charge in [-0.3, -0.25) is 0 Å². The second-order valence-electron chi connectivity index (χ2n) is 3.94. The van der Waals surface area contributed by atoms with Gasteiger partial charge in [-0.1, -0.05) is 12.1 Å². The third kappa shape index (κ3) is 2.52. The Hall–Kier alpha value is -0.540. The van der Waals surface area contributed by atoms with Crippen LogP contribution >= 0.6 is 15.9 Å². The Morgan fingerprint density at radius 2 is 2.40 bits per heavy atom. The van der Waals surface area contributed by atoms with E-state index in [1.807, 2.05) is 0 Å². The minimum absolute atomic E-state index is 0.552. The first kappa shape index (κ1) is 11.0. The zero-order valence-electron chi connectivity index (χ0n) is 8.92. The first-order chi connectivity index (χ1) is 7.31. The van der Waals surface area contributed by atoms with Gasteiger partial charge in [-0.15, -0.1) is 0 Å². The fourth-order valence-electron chi connectivity index (χ4n) is 2.02. The largest absolute Gasteiger partial charge is 0.385 e. The zero-order valence-corrected chi connectivity index (χ0v) is 10.5. The van der Waals surface area contributed by atoms with Gasteiger partial charge in [0.2, 0.25) is 0 Å². The second kappa shape index (κ2) is 4.99. The monoisotopic (exact) mass is 269 g/mol. The lowest BCUT2D eigenvalue weighted by atomic mass is 9.96. The third-order valence-electron chi connectivity index (χ3n) is 2.88. The van der Waals surface area contributed by atoms with Crippen LogP contribution in [-0.4, -0.2) is 19.8 Å². The zero-order chi connectivity index (χ0) is 10.7. The highest BCUT2D eigenvalue weighted by molar-refractivity contribution is 9.10. The van der Waals surface area contributed by atoms with Crippen molar-refractivity contribution in [1.29, 1.82) is 0 Å². The van der Waals surface area contributed by atoms with Gasteiger partial charge in [-0.05, 0) is 46.8 Å². The molecule has 1 aromatic carbocycles. The Labute approximate surface area is 99.1 Å². The molecule has 0 saturated heterocycles. The summed E-state index contributed by atoms with van der Waals surface area (Å²) in [6, 6.07) is 6.93. The molecule has 0 aromatic heterocycles. The summed E-state index contributed by atoms with van der Waals surface area (Å²) in [7, 11) is 1.76. The lowest BCUT2D eigenvalue weighted by molar-refractivity contribution is 0.188. The molecule has 82 valence electrons. The molecule has 0 saturated carbocycles. The van der Waals surface area contributed by atoms with Crippen molar-refractivity contribution in [1.82, 2.24) is 0 Å². The molecule has 1 heterocycles. The van der Waals surface area contributed by atoms with Crippen LogP contribution in [0.1, 0.15) is 18.4 Å². The minimum Gasteiger partial charge on any atom is -0.385 e. The Kier molecular flexibility index (Phi) is 3.65. The number of para-hydroxylation sites is 1. The van der Waals surface area contributed by atoms with E-state index in [1.54, 1.807) is 7.11 Å². The molecule has 0 radical (unpaired) electrons.